The molecule has 2 rings (SSSR count). The van der Waals surface area contributed by atoms with Gasteiger partial charge in [-0.2, -0.15) is 0 Å². The van der Waals surface area contributed by atoms with Crippen LogP contribution in [0.15, 0.2) is 12.1 Å². The summed E-state index contributed by atoms with van der Waals surface area (Å²) in [7, 11) is 1.53. The molecule has 90 valence electrons. The van der Waals surface area contributed by atoms with Crippen molar-refractivity contribution in [3.05, 3.63) is 34.2 Å². The van der Waals surface area contributed by atoms with Crippen molar-refractivity contribution in [2.24, 2.45) is 0 Å². The summed E-state index contributed by atoms with van der Waals surface area (Å²) >= 11 is 6.28. The first-order chi connectivity index (χ1) is 8.10. The minimum atomic E-state index is -0.377. The van der Waals surface area contributed by atoms with E-state index >= 15 is 0 Å². The lowest BCUT2D eigenvalue weighted by molar-refractivity contribution is 0.419. The van der Waals surface area contributed by atoms with E-state index in [0.29, 0.717) is 16.2 Å². The van der Waals surface area contributed by atoms with E-state index in [1.54, 1.807) is 6.07 Å². The Kier molecular flexibility index (Phi) is 3.20. The molecule has 4 heteroatoms. The molecular weight excluding hydrogens is 241 g/mol. The number of fused-ring (bicyclic) bond motifs is 1. The second-order valence-corrected chi connectivity index (χ2v) is 4.20. The van der Waals surface area contributed by atoms with Crippen LogP contribution < -0.4 is 4.74 Å². The Morgan fingerprint density at radius 3 is 2.71 bits per heavy atom. The smallest absolute Gasteiger partial charge is 0.149 e. The molecule has 1 aromatic heterocycles. The predicted molar refractivity (Wildman–Crippen MR) is 67.4 cm³/mol. The zero-order valence-electron chi connectivity index (χ0n) is 9.97. The SMILES string of the molecule is CCc1nc2c(F)ccc(OC)c2c(Cl)c1C. The second-order valence-electron chi connectivity index (χ2n) is 3.82. The first-order valence-corrected chi connectivity index (χ1v) is 5.79. The molecule has 0 N–H and O–H groups in total. The highest BCUT2D eigenvalue weighted by atomic mass is 35.5. The summed E-state index contributed by atoms with van der Waals surface area (Å²) in [6, 6.07) is 2.91. The number of halogens is 2. The Labute approximate surface area is 104 Å². The molecule has 2 aromatic rings. The number of aromatic nitrogens is 1. The molecule has 2 nitrogen and oxygen atoms in total. The minimum Gasteiger partial charge on any atom is -0.496 e. The first-order valence-electron chi connectivity index (χ1n) is 5.41. The quantitative estimate of drug-likeness (QED) is 0.810. The van der Waals surface area contributed by atoms with Gasteiger partial charge in [-0.1, -0.05) is 18.5 Å². The Morgan fingerprint density at radius 1 is 1.41 bits per heavy atom. The monoisotopic (exact) mass is 253 g/mol. The molecule has 17 heavy (non-hydrogen) atoms. The maximum absolute atomic E-state index is 13.8. The van der Waals surface area contributed by atoms with Gasteiger partial charge >= 0.3 is 0 Å². The van der Waals surface area contributed by atoms with Crippen molar-refractivity contribution >= 4 is 22.5 Å². The summed E-state index contributed by atoms with van der Waals surface area (Å²) in [5.74, 6) is 0.169. The normalized spacial score (nSPS) is 10.9. The molecule has 0 atom stereocenters. The number of ether oxygens (including phenoxy) is 1. The highest BCUT2D eigenvalue weighted by Crippen LogP contribution is 2.35. The molecule has 0 unspecified atom stereocenters. The van der Waals surface area contributed by atoms with Crippen molar-refractivity contribution in [1.29, 1.82) is 0 Å². The molecule has 1 aromatic carbocycles. The Hall–Kier alpha value is -1.35. The molecule has 0 spiro atoms. The van der Waals surface area contributed by atoms with E-state index < -0.39 is 0 Å². The first kappa shape index (κ1) is 12.1. The van der Waals surface area contributed by atoms with Gasteiger partial charge in [0.1, 0.15) is 17.1 Å². The standard InChI is InChI=1S/C13H13ClFNO/c1-4-9-7(2)12(14)11-10(17-3)6-5-8(15)13(11)16-9/h5-6H,4H2,1-3H3. The van der Waals surface area contributed by atoms with Crippen LogP contribution in [-0.4, -0.2) is 12.1 Å². The van der Waals surface area contributed by atoms with E-state index in [9.17, 15) is 4.39 Å². The van der Waals surface area contributed by atoms with Gasteiger partial charge in [0.25, 0.3) is 0 Å². The predicted octanol–water partition coefficient (Wildman–Crippen LogP) is 3.91. The number of methoxy groups -OCH3 is 1. The van der Waals surface area contributed by atoms with Crippen LogP contribution >= 0.6 is 11.6 Å². The van der Waals surface area contributed by atoms with Gasteiger partial charge in [0.05, 0.1) is 17.5 Å². The van der Waals surface area contributed by atoms with E-state index in [4.69, 9.17) is 16.3 Å². The molecule has 0 saturated carbocycles. The fourth-order valence-corrected chi connectivity index (χ4v) is 2.21. The van der Waals surface area contributed by atoms with Gasteiger partial charge in [0.15, 0.2) is 0 Å². The summed E-state index contributed by atoms with van der Waals surface area (Å²) in [4.78, 5) is 4.32. The molecule has 0 fully saturated rings. The summed E-state index contributed by atoms with van der Waals surface area (Å²) in [5, 5.41) is 1.06. The van der Waals surface area contributed by atoms with Crippen LogP contribution in [0.2, 0.25) is 5.02 Å². The topological polar surface area (TPSA) is 22.1 Å². The van der Waals surface area contributed by atoms with E-state index in [2.05, 4.69) is 4.98 Å². The van der Waals surface area contributed by atoms with E-state index in [-0.39, 0.29) is 11.3 Å². The lowest BCUT2D eigenvalue weighted by Gasteiger charge is -2.12. The third-order valence-electron chi connectivity index (χ3n) is 2.87. The molecule has 1 heterocycles. The van der Waals surface area contributed by atoms with Crippen LogP contribution in [-0.2, 0) is 6.42 Å². The Bertz CT molecular complexity index is 583. The molecule has 0 aliphatic carbocycles. The van der Waals surface area contributed by atoms with Crippen LogP contribution in [0, 0.1) is 12.7 Å². The van der Waals surface area contributed by atoms with E-state index in [0.717, 1.165) is 17.7 Å². The lowest BCUT2D eigenvalue weighted by Crippen LogP contribution is -1.98. The van der Waals surface area contributed by atoms with Crippen molar-refractivity contribution in [1.82, 2.24) is 4.98 Å². The zero-order valence-corrected chi connectivity index (χ0v) is 10.7. The Morgan fingerprint density at radius 2 is 2.12 bits per heavy atom. The van der Waals surface area contributed by atoms with Gasteiger partial charge in [-0.05, 0) is 31.0 Å². The van der Waals surface area contributed by atoms with Gasteiger partial charge in [-0.3, -0.25) is 0 Å². The highest BCUT2D eigenvalue weighted by Gasteiger charge is 2.15. The van der Waals surface area contributed by atoms with Crippen LogP contribution in [0.4, 0.5) is 4.39 Å². The van der Waals surface area contributed by atoms with Gasteiger partial charge < -0.3 is 4.74 Å². The maximum atomic E-state index is 13.8. The molecular formula is C13H13ClFNO. The van der Waals surface area contributed by atoms with Crippen molar-refractivity contribution in [2.45, 2.75) is 20.3 Å². The average molecular weight is 254 g/mol. The fraction of sp³-hybridized carbons (Fsp3) is 0.308. The van der Waals surface area contributed by atoms with Crippen LogP contribution in [0.5, 0.6) is 5.75 Å². The molecule has 0 saturated heterocycles. The number of nitrogens with zero attached hydrogens (tertiary/aromatic N) is 1. The van der Waals surface area contributed by atoms with Crippen LogP contribution in [0.1, 0.15) is 18.2 Å². The zero-order chi connectivity index (χ0) is 12.6. The van der Waals surface area contributed by atoms with Crippen molar-refractivity contribution in [3.63, 3.8) is 0 Å². The van der Waals surface area contributed by atoms with E-state index in [1.165, 1.54) is 13.2 Å². The third-order valence-corrected chi connectivity index (χ3v) is 3.35. The molecule has 0 aliphatic rings. The number of aryl methyl sites for hydroxylation is 1. The highest BCUT2D eigenvalue weighted by molar-refractivity contribution is 6.36. The summed E-state index contributed by atoms with van der Waals surface area (Å²) in [6.07, 6.45) is 0.720. The second kappa shape index (κ2) is 4.49. The number of pyridine rings is 1. The van der Waals surface area contributed by atoms with Crippen molar-refractivity contribution < 1.29 is 9.13 Å². The van der Waals surface area contributed by atoms with Gasteiger partial charge in [-0.25, -0.2) is 9.37 Å². The van der Waals surface area contributed by atoms with Gasteiger partial charge in [-0.15, -0.1) is 0 Å². The Balaban J connectivity index is 2.94. The van der Waals surface area contributed by atoms with Crippen LogP contribution in [0.3, 0.4) is 0 Å². The summed E-state index contributed by atoms with van der Waals surface area (Å²) in [5.41, 5.74) is 1.97. The summed E-state index contributed by atoms with van der Waals surface area (Å²) < 4.78 is 19.0. The third kappa shape index (κ3) is 1.84. The number of hydrogen-bond donors (Lipinski definition) is 0. The number of benzene rings is 1. The molecule has 0 radical (unpaired) electrons. The lowest BCUT2D eigenvalue weighted by atomic mass is 10.1. The van der Waals surface area contributed by atoms with Crippen molar-refractivity contribution in [2.75, 3.05) is 7.11 Å². The van der Waals surface area contributed by atoms with Crippen molar-refractivity contribution in [3.8, 4) is 5.75 Å². The van der Waals surface area contributed by atoms with E-state index in [1.807, 2.05) is 13.8 Å². The number of rotatable bonds is 2. The summed E-state index contributed by atoms with van der Waals surface area (Å²) in [6.45, 7) is 3.85. The maximum Gasteiger partial charge on any atom is 0.149 e. The van der Waals surface area contributed by atoms with Crippen LogP contribution in [0.25, 0.3) is 10.9 Å². The molecule has 0 aliphatic heterocycles. The van der Waals surface area contributed by atoms with Gasteiger partial charge in [0, 0.05) is 5.69 Å². The molecule has 0 amide bonds. The number of hydrogen-bond acceptors (Lipinski definition) is 2. The average Bonchev–Trinajstić information content (AvgIpc) is 2.34. The van der Waals surface area contributed by atoms with Gasteiger partial charge in [0.2, 0.25) is 0 Å². The minimum absolute atomic E-state index is 0.275. The largest absolute Gasteiger partial charge is 0.496 e. The fourth-order valence-electron chi connectivity index (χ4n) is 1.92. The molecule has 0 bridgehead atoms.